The summed E-state index contributed by atoms with van der Waals surface area (Å²) in [6.07, 6.45) is 4.05. The average Bonchev–Trinajstić information content (AvgIpc) is 2.17. The molecule has 74 valence electrons. The molecule has 1 aromatic carbocycles. The third-order valence-corrected chi connectivity index (χ3v) is 2.76. The molecule has 0 fully saturated rings. The van der Waals surface area contributed by atoms with E-state index in [1.807, 2.05) is 6.07 Å². The highest BCUT2D eigenvalue weighted by Crippen LogP contribution is 2.29. The molecule has 0 radical (unpaired) electrons. The quantitative estimate of drug-likeness (QED) is 0.704. The second-order valence-corrected chi connectivity index (χ2v) is 3.67. The number of carbonyl (C=O) groups excluding carboxylic acids is 1. The third-order valence-electron chi connectivity index (χ3n) is 2.76. The minimum Gasteiger partial charge on any atom is -0.507 e. The van der Waals surface area contributed by atoms with Gasteiger partial charge >= 0.3 is 0 Å². The fraction of sp³-hybridized carbons (Fsp3) is 0.364. The smallest absolute Gasteiger partial charge is 0.252 e. The van der Waals surface area contributed by atoms with Crippen molar-refractivity contribution in [1.29, 1.82) is 0 Å². The van der Waals surface area contributed by atoms with Crippen LogP contribution >= 0.6 is 0 Å². The van der Waals surface area contributed by atoms with E-state index in [1.165, 1.54) is 0 Å². The summed E-state index contributed by atoms with van der Waals surface area (Å²) in [6.45, 7) is 0. The van der Waals surface area contributed by atoms with Gasteiger partial charge in [-0.25, -0.2) is 0 Å². The molecule has 3 heteroatoms. The minimum atomic E-state index is -0.527. The largest absolute Gasteiger partial charge is 0.507 e. The molecule has 0 spiro atoms. The van der Waals surface area contributed by atoms with Crippen LogP contribution in [0, 0.1) is 0 Å². The van der Waals surface area contributed by atoms with Crippen molar-refractivity contribution in [1.82, 2.24) is 0 Å². The third kappa shape index (κ3) is 1.35. The maximum Gasteiger partial charge on any atom is 0.252 e. The average molecular weight is 191 g/mol. The topological polar surface area (TPSA) is 63.3 Å². The van der Waals surface area contributed by atoms with E-state index in [-0.39, 0.29) is 5.75 Å². The Morgan fingerprint density at radius 1 is 1.29 bits per heavy atom. The van der Waals surface area contributed by atoms with E-state index in [2.05, 4.69) is 0 Å². The lowest BCUT2D eigenvalue weighted by atomic mass is 9.87. The standard InChI is InChI=1S/C11H13NO2/c12-11(14)10-8-4-2-1-3-7(8)5-6-9(10)13/h5-6,13H,1-4H2,(H2,12,14). The van der Waals surface area contributed by atoms with Gasteiger partial charge in [-0.2, -0.15) is 0 Å². The molecular formula is C11H13NO2. The van der Waals surface area contributed by atoms with Crippen molar-refractivity contribution in [3.05, 3.63) is 28.8 Å². The maximum atomic E-state index is 11.2. The number of fused-ring (bicyclic) bond motifs is 1. The molecule has 0 aliphatic heterocycles. The van der Waals surface area contributed by atoms with Gasteiger partial charge in [0, 0.05) is 0 Å². The van der Waals surface area contributed by atoms with Gasteiger partial charge in [0.2, 0.25) is 0 Å². The predicted octanol–water partition coefficient (Wildman–Crippen LogP) is 1.37. The molecule has 3 nitrogen and oxygen atoms in total. The number of rotatable bonds is 1. The van der Waals surface area contributed by atoms with Crippen LogP contribution < -0.4 is 5.73 Å². The number of aromatic hydroxyl groups is 1. The molecule has 14 heavy (non-hydrogen) atoms. The number of phenols is 1. The Balaban J connectivity index is 2.60. The van der Waals surface area contributed by atoms with Crippen molar-refractivity contribution in [3.8, 4) is 5.75 Å². The monoisotopic (exact) mass is 191 g/mol. The molecule has 1 aliphatic carbocycles. The highest BCUT2D eigenvalue weighted by atomic mass is 16.3. The maximum absolute atomic E-state index is 11.2. The first-order valence-electron chi connectivity index (χ1n) is 4.83. The van der Waals surface area contributed by atoms with E-state index in [9.17, 15) is 9.90 Å². The molecule has 0 aromatic heterocycles. The van der Waals surface area contributed by atoms with Crippen LogP contribution in [-0.4, -0.2) is 11.0 Å². The number of primary amides is 1. The zero-order valence-electron chi connectivity index (χ0n) is 7.92. The van der Waals surface area contributed by atoms with Crippen LogP contribution in [0.25, 0.3) is 0 Å². The summed E-state index contributed by atoms with van der Waals surface area (Å²) in [5, 5.41) is 9.54. The number of aryl methyl sites for hydroxylation is 1. The zero-order chi connectivity index (χ0) is 10.1. The van der Waals surface area contributed by atoms with Gasteiger partial charge in [0.1, 0.15) is 5.75 Å². The lowest BCUT2D eigenvalue weighted by Crippen LogP contribution is -2.17. The second-order valence-electron chi connectivity index (χ2n) is 3.67. The van der Waals surface area contributed by atoms with Crippen molar-refractivity contribution in [2.45, 2.75) is 25.7 Å². The highest BCUT2D eigenvalue weighted by molar-refractivity contribution is 5.97. The molecule has 1 amide bonds. The summed E-state index contributed by atoms with van der Waals surface area (Å²) in [7, 11) is 0. The Morgan fingerprint density at radius 3 is 2.71 bits per heavy atom. The summed E-state index contributed by atoms with van der Waals surface area (Å²) in [4.78, 5) is 11.2. The van der Waals surface area contributed by atoms with Gasteiger partial charge < -0.3 is 10.8 Å². The normalized spacial score (nSPS) is 14.9. The highest BCUT2D eigenvalue weighted by Gasteiger charge is 2.19. The van der Waals surface area contributed by atoms with Crippen LogP contribution in [0.15, 0.2) is 12.1 Å². The van der Waals surface area contributed by atoms with E-state index < -0.39 is 5.91 Å². The van der Waals surface area contributed by atoms with Gasteiger partial charge in [-0.1, -0.05) is 6.07 Å². The van der Waals surface area contributed by atoms with Gasteiger partial charge in [0.15, 0.2) is 0 Å². The Labute approximate surface area is 82.5 Å². The first-order chi connectivity index (χ1) is 6.70. The van der Waals surface area contributed by atoms with Gasteiger partial charge in [0.25, 0.3) is 5.91 Å². The molecule has 2 rings (SSSR count). The van der Waals surface area contributed by atoms with Crippen LogP contribution in [0.4, 0.5) is 0 Å². The molecule has 0 saturated carbocycles. The first-order valence-corrected chi connectivity index (χ1v) is 4.83. The SMILES string of the molecule is NC(=O)c1c(O)ccc2c1CCCC2. The summed E-state index contributed by atoms with van der Waals surface area (Å²) >= 11 is 0. The molecule has 0 unspecified atom stereocenters. The fourth-order valence-corrected chi connectivity index (χ4v) is 2.09. The Bertz CT molecular complexity index is 385. The van der Waals surface area contributed by atoms with Gasteiger partial charge in [-0.3, -0.25) is 4.79 Å². The van der Waals surface area contributed by atoms with E-state index >= 15 is 0 Å². The van der Waals surface area contributed by atoms with Crippen molar-refractivity contribution in [3.63, 3.8) is 0 Å². The predicted molar refractivity (Wildman–Crippen MR) is 53.3 cm³/mol. The summed E-state index contributed by atoms with van der Waals surface area (Å²) < 4.78 is 0. The van der Waals surface area contributed by atoms with Crippen molar-refractivity contribution >= 4 is 5.91 Å². The molecule has 0 bridgehead atoms. The van der Waals surface area contributed by atoms with Crippen molar-refractivity contribution in [2.75, 3.05) is 0 Å². The van der Waals surface area contributed by atoms with Crippen LogP contribution in [-0.2, 0) is 12.8 Å². The van der Waals surface area contributed by atoms with E-state index in [0.29, 0.717) is 5.56 Å². The Hall–Kier alpha value is -1.51. The molecule has 1 aliphatic rings. The molecule has 1 aromatic rings. The second kappa shape index (κ2) is 3.33. The number of hydrogen-bond donors (Lipinski definition) is 2. The van der Waals surface area contributed by atoms with Crippen LogP contribution in [0.1, 0.15) is 34.3 Å². The first kappa shape index (κ1) is 9.06. The van der Waals surface area contributed by atoms with Crippen molar-refractivity contribution < 1.29 is 9.90 Å². The van der Waals surface area contributed by atoms with E-state index in [1.54, 1.807) is 6.07 Å². The molecule has 0 atom stereocenters. The lowest BCUT2D eigenvalue weighted by molar-refractivity contribution is 0.0996. The number of nitrogens with two attached hydrogens (primary N) is 1. The Morgan fingerprint density at radius 2 is 2.00 bits per heavy atom. The number of hydrogen-bond acceptors (Lipinski definition) is 2. The molecule has 3 N–H and O–H groups in total. The van der Waals surface area contributed by atoms with Crippen LogP contribution in [0.3, 0.4) is 0 Å². The van der Waals surface area contributed by atoms with Crippen LogP contribution in [0.2, 0.25) is 0 Å². The molecular weight excluding hydrogens is 178 g/mol. The fourth-order valence-electron chi connectivity index (χ4n) is 2.09. The summed E-state index contributed by atoms with van der Waals surface area (Å²) in [5.74, 6) is -0.514. The summed E-state index contributed by atoms with van der Waals surface area (Å²) in [6, 6.07) is 3.44. The van der Waals surface area contributed by atoms with Gasteiger partial charge in [-0.15, -0.1) is 0 Å². The summed E-state index contributed by atoms with van der Waals surface area (Å²) in [5.41, 5.74) is 7.66. The van der Waals surface area contributed by atoms with Gasteiger partial charge in [-0.05, 0) is 42.9 Å². The Kier molecular flexibility index (Phi) is 2.15. The van der Waals surface area contributed by atoms with Gasteiger partial charge in [0.05, 0.1) is 5.56 Å². The lowest BCUT2D eigenvalue weighted by Gasteiger charge is -2.18. The number of carbonyl (C=O) groups is 1. The number of benzene rings is 1. The van der Waals surface area contributed by atoms with E-state index in [4.69, 9.17) is 5.73 Å². The minimum absolute atomic E-state index is 0.0122. The zero-order valence-corrected chi connectivity index (χ0v) is 7.92. The van der Waals surface area contributed by atoms with Crippen molar-refractivity contribution in [2.24, 2.45) is 5.73 Å². The number of amides is 1. The van der Waals surface area contributed by atoms with E-state index in [0.717, 1.165) is 36.8 Å². The van der Waals surface area contributed by atoms with Crippen LogP contribution in [0.5, 0.6) is 5.75 Å². The molecule has 0 saturated heterocycles. The molecule has 0 heterocycles.